The van der Waals surface area contributed by atoms with Crippen molar-refractivity contribution in [2.45, 2.75) is 26.3 Å². The molecule has 0 amide bonds. The molecule has 0 fully saturated rings. The summed E-state index contributed by atoms with van der Waals surface area (Å²) in [5, 5.41) is 4.17. The molecule has 0 bridgehead atoms. The van der Waals surface area contributed by atoms with Crippen LogP contribution >= 0.6 is 0 Å². The van der Waals surface area contributed by atoms with E-state index in [0.717, 1.165) is 5.56 Å². The topological polar surface area (TPSA) is 73.1 Å². The van der Waals surface area contributed by atoms with Gasteiger partial charge in [-0.3, -0.25) is 0 Å². The van der Waals surface area contributed by atoms with E-state index in [2.05, 4.69) is 10.5 Å². The van der Waals surface area contributed by atoms with Gasteiger partial charge in [-0.25, -0.2) is 4.79 Å². The van der Waals surface area contributed by atoms with Crippen LogP contribution in [-0.4, -0.2) is 24.8 Å². The average molecular weight is 316 g/mol. The second kappa shape index (κ2) is 7.00. The van der Waals surface area contributed by atoms with Crippen molar-refractivity contribution in [2.75, 3.05) is 7.11 Å². The van der Waals surface area contributed by atoms with Crippen LogP contribution in [0.5, 0.6) is 11.5 Å². The fraction of sp³-hybridized carbons (Fsp3) is 0.294. The molecule has 0 aliphatic rings. The van der Waals surface area contributed by atoms with Crippen LogP contribution in [0.3, 0.4) is 0 Å². The Labute approximate surface area is 135 Å². The monoisotopic (exact) mass is 316 g/mol. The third-order valence-corrected chi connectivity index (χ3v) is 2.73. The number of carbonyl (C=O) groups is 1. The summed E-state index contributed by atoms with van der Waals surface area (Å²) >= 11 is 0. The molecule has 0 unspecified atom stereocenters. The van der Waals surface area contributed by atoms with Crippen molar-refractivity contribution in [3.05, 3.63) is 47.9 Å². The summed E-state index contributed by atoms with van der Waals surface area (Å²) in [5.41, 5.74) is 3.71. The summed E-state index contributed by atoms with van der Waals surface area (Å²) in [7, 11) is 1.51. The number of esters is 1. The number of ether oxygens (including phenoxy) is 2. The molecule has 23 heavy (non-hydrogen) atoms. The molecule has 0 aliphatic heterocycles. The molecule has 1 N–H and O–H groups in total. The molecule has 0 radical (unpaired) electrons. The third-order valence-electron chi connectivity index (χ3n) is 2.73. The zero-order valence-electron chi connectivity index (χ0n) is 13.6. The van der Waals surface area contributed by atoms with Crippen molar-refractivity contribution >= 4 is 12.2 Å². The molecule has 0 aliphatic carbocycles. The number of hydrogen-bond acceptors (Lipinski definition) is 6. The number of nitrogens with one attached hydrogen (secondary N) is 1. The first-order valence-corrected chi connectivity index (χ1v) is 7.13. The van der Waals surface area contributed by atoms with Gasteiger partial charge < -0.3 is 19.3 Å². The quantitative estimate of drug-likeness (QED) is 0.397. The zero-order valence-corrected chi connectivity index (χ0v) is 13.6. The second-order valence-corrected chi connectivity index (χ2v) is 5.90. The minimum absolute atomic E-state index is 0.112. The Morgan fingerprint density at radius 1 is 1.26 bits per heavy atom. The first-order chi connectivity index (χ1) is 10.9. The fourth-order valence-electron chi connectivity index (χ4n) is 1.69. The van der Waals surface area contributed by atoms with Gasteiger partial charge in [0.25, 0.3) is 0 Å². The smallest absolute Gasteiger partial charge is 0.379 e. The minimum atomic E-state index is -0.580. The van der Waals surface area contributed by atoms with Crippen LogP contribution in [0.15, 0.2) is 46.1 Å². The molecule has 2 rings (SSSR count). The van der Waals surface area contributed by atoms with Crippen LogP contribution in [0.4, 0.5) is 0 Å². The Bertz CT molecular complexity index is 685. The van der Waals surface area contributed by atoms with Gasteiger partial charge in [0.1, 0.15) is 0 Å². The molecule has 0 atom stereocenters. The summed E-state index contributed by atoms with van der Waals surface area (Å²) < 4.78 is 15.5. The van der Waals surface area contributed by atoms with E-state index in [1.54, 1.807) is 30.5 Å². The molecule has 1 heterocycles. The Kier molecular flexibility index (Phi) is 5.05. The van der Waals surface area contributed by atoms with Crippen molar-refractivity contribution < 1.29 is 18.7 Å². The predicted octanol–water partition coefficient (Wildman–Crippen LogP) is 3.23. The lowest BCUT2D eigenvalue weighted by atomic mass is 10.1. The summed E-state index contributed by atoms with van der Waals surface area (Å²) in [6, 6.07) is 8.32. The first kappa shape index (κ1) is 16.6. The van der Waals surface area contributed by atoms with Crippen molar-refractivity contribution in [2.24, 2.45) is 5.10 Å². The second-order valence-electron chi connectivity index (χ2n) is 5.90. The standard InChI is InChI=1S/C17H20N2O4/c1-17(2,3)19-18-11-12-7-8-13(15(10-12)21-4)23-16(20)14-6-5-9-22-14/h5-11,19H,1-4H3/b18-11-. The maximum absolute atomic E-state index is 11.9. The lowest BCUT2D eigenvalue weighted by Crippen LogP contribution is -2.31. The van der Waals surface area contributed by atoms with Gasteiger partial charge >= 0.3 is 5.97 Å². The average Bonchev–Trinajstić information content (AvgIpc) is 3.01. The van der Waals surface area contributed by atoms with E-state index in [-0.39, 0.29) is 11.3 Å². The Morgan fingerprint density at radius 3 is 2.65 bits per heavy atom. The molecule has 0 spiro atoms. The number of furan rings is 1. The van der Waals surface area contributed by atoms with Crippen molar-refractivity contribution in [1.82, 2.24) is 5.43 Å². The summed E-state index contributed by atoms with van der Waals surface area (Å²) in [6.45, 7) is 6.05. The van der Waals surface area contributed by atoms with Crippen LogP contribution < -0.4 is 14.9 Å². The molecule has 122 valence electrons. The number of benzene rings is 1. The number of methoxy groups -OCH3 is 1. The normalized spacial score (nSPS) is 11.5. The molecule has 0 saturated heterocycles. The van der Waals surface area contributed by atoms with Gasteiger partial charge in [0.15, 0.2) is 11.5 Å². The SMILES string of the molecule is COc1cc(/C=N\NC(C)(C)C)ccc1OC(=O)c1ccco1. The van der Waals surface area contributed by atoms with Gasteiger partial charge in [-0.15, -0.1) is 0 Å². The zero-order chi connectivity index (χ0) is 16.9. The molecular formula is C17H20N2O4. The molecule has 6 heteroatoms. The lowest BCUT2D eigenvalue weighted by molar-refractivity contribution is 0.0696. The van der Waals surface area contributed by atoms with Gasteiger partial charge in [-0.05, 0) is 56.7 Å². The number of nitrogens with zero attached hydrogens (tertiary/aromatic N) is 1. The van der Waals surface area contributed by atoms with Gasteiger partial charge in [-0.1, -0.05) is 0 Å². The Balaban J connectivity index is 2.12. The van der Waals surface area contributed by atoms with E-state index in [1.807, 2.05) is 20.8 Å². The highest BCUT2D eigenvalue weighted by Crippen LogP contribution is 2.28. The largest absolute Gasteiger partial charge is 0.493 e. The van der Waals surface area contributed by atoms with Crippen LogP contribution in [0.1, 0.15) is 36.9 Å². The van der Waals surface area contributed by atoms with Gasteiger partial charge in [0, 0.05) is 5.54 Å². The molecule has 1 aromatic heterocycles. The van der Waals surface area contributed by atoms with E-state index in [4.69, 9.17) is 13.9 Å². The summed E-state index contributed by atoms with van der Waals surface area (Å²) in [5.74, 6) is 0.302. The fourth-order valence-corrected chi connectivity index (χ4v) is 1.69. The maximum Gasteiger partial charge on any atom is 0.379 e. The molecule has 6 nitrogen and oxygen atoms in total. The van der Waals surface area contributed by atoms with Gasteiger partial charge in [-0.2, -0.15) is 5.10 Å². The predicted molar refractivity (Wildman–Crippen MR) is 87.1 cm³/mol. The number of hydrazone groups is 1. The van der Waals surface area contributed by atoms with Crippen LogP contribution in [0.25, 0.3) is 0 Å². The van der Waals surface area contributed by atoms with Crippen LogP contribution in [0, 0.1) is 0 Å². The Morgan fingerprint density at radius 2 is 2.04 bits per heavy atom. The van der Waals surface area contributed by atoms with Crippen LogP contribution in [-0.2, 0) is 0 Å². The molecule has 0 saturated carbocycles. The summed E-state index contributed by atoms with van der Waals surface area (Å²) in [6.07, 6.45) is 3.08. The first-order valence-electron chi connectivity index (χ1n) is 7.13. The van der Waals surface area contributed by atoms with Gasteiger partial charge in [0.05, 0.1) is 19.6 Å². The number of rotatable bonds is 5. The number of hydrogen-bond donors (Lipinski definition) is 1. The minimum Gasteiger partial charge on any atom is -0.493 e. The number of carbonyl (C=O) groups excluding carboxylic acids is 1. The van der Waals surface area contributed by atoms with E-state index in [1.165, 1.54) is 19.4 Å². The van der Waals surface area contributed by atoms with Crippen molar-refractivity contribution in [3.8, 4) is 11.5 Å². The molecule has 1 aromatic carbocycles. The highest BCUT2D eigenvalue weighted by molar-refractivity contribution is 5.89. The van der Waals surface area contributed by atoms with E-state index >= 15 is 0 Å². The lowest BCUT2D eigenvalue weighted by Gasteiger charge is -2.17. The maximum atomic E-state index is 11.9. The Hall–Kier alpha value is -2.76. The highest BCUT2D eigenvalue weighted by Gasteiger charge is 2.15. The van der Waals surface area contributed by atoms with E-state index in [9.17, 15) is 4.79 Å². The van der Waals surface area contributed by atoms with Gasteiger partial charge in [0.2, 0.25) is 5.76 Å². The van der Waals surface area contributed by atoms with E-state index < -0.39 is 5.97 Å². The van der Waals surface area contributed by atoms with Crippen molar-refractivity contribution in [1.29, 1.82) is 0 Å². The third kappa shape index (κ3) is 4.88. The van der Waals surface area contributed by atoms with E-state index in [0.29, 0.717) is 11.5 Å². The highest BCUT2D eigenvalue weighted by atomic mass is 16.6. The van der Waals surface area contributed by atoms with Crippen LogP contribution in [0.2, 0.25) is 0 Å². The molecule has 2 aromatic rings. The molecular weight excluding hydrogens is 296 g/mol. The summed E-state index contributed by atoms with van der Waals surface area (Å²) in [4.78, 5) is 11.9. The van der Waals surface area contributed by atoms with Crippen molar-refractivity contribution in [3.63, 3.8) is 0 Å².